The molecule has 6 nitrogen and oxygen atoms in total. The van der Waals surface area contributed by atoms with Crippen LogP contribution in [0.15, 0.2) is 80.3 Å². The van der Waals surface area contributed by atoms with Crippen LogP contribution >= 0.6 is 0 Å². The van der Waals surface area contributed by atoms with E-state index in [1.165, 1.54) is 6.07 Å². The minimum atomic E-state index is -0.788. The third-order valence-electron chi connectivity index (χ3n) is 6.89. The molecule has 0 spiro atoms. The first-order chi connectivity index (χ1) is 17.9. The minimum absolute atomic E-state index is 0.0555. The fourth-order valence-electron chi connectivity index (χ4n) is 4.97. The molecule has 2 heterocycles. The number of aryl methyl sites for hydroxylation is 1. The summed E-state index contributed by atoms with van der Waals surface area (Å²) in [6.07, 6.45) is 0.666. The molecule has 1 atom stereocenters. The molecule has 0 saturated carbocycles. The summed E-state index contributed by atoms with van der Waals surface area (Å²) >= 11 is 0. The molecule has 4 rings (SSSR count). The monoisotopic (exact) mass is 513 g/mol. The van der Waals surface area contributed by atoms with Gasteiger partial charge in [0.05, 0.1) is 23.5 Å². The SMILES string of the molecule is CCCOC(=O)C1=C(C)NC(C)=C(C(=O)c2ccc(C(C)(C)C)cc2)C1c1cccc2c(=O)cc(C)oc12. The maximum atomic E-state index is 14.1. The molecule has 2 aromatic carbocycles. The maximum Gasteiger partial charge on any atom is 0.336 e. The van der Waals surface area contributed by atoms with Crippen molar-refractivity contribution in [3.63, 3.8) is 0 Å². The van der Waals surface area contributed by atoms with Crippen LogP contribution in [0, 0.1) is 6.92 Å². The molecule has 38 heavy (non-hydrogen) atoms. The van der Waals surface area contributed by atoms with Gasteiger partial charge in [0.15, 0.2) is 11.2 Å². The Morgan fingerprint density at radius 2 is 1.63 bits per heavy atom. The van der Waals surface area contributed by atoms with Crippen LogP contribution in [-0.4, -0.2) is 18.4 Å². The molecule has 0 aliphatic carbocycles. The van der Waals surface area contributed by atoms with Gasteiger partial charge in [-0.15, -0.1) is 0 Å². The molecule has 1 aliphatic rings. The second-order valence-electron chi connectivity index (χ2n) is 10.9. The number of Topliss-reactive ketones (excluding diaryl/α,β-unsaturated/α-hetero) is 1. The zero-order valence-corrected chi connectivity index (χ0v) is 23.2. The molecule has 1 unspecified atom stereocenters. The summed E-state index contributed by atoms with van der Waals surface area (Å²) in [4.78, 5) is 40.4. The molecule has 0 bridgehead atoms. The van der Waals surface area contributed by atoms with Crippen molar-refractivity contribution in [2.75, 3.05) is 6.61 Å². The molecule has 0 fully saturated rings. The van der Waals surface area contributed by atoms with Crippen molar-refractivity contribution in [1.29, 1.82) is 0 Å². The van der Waals surface area contributed by atoms with E-state index in [2.05, 4.69) is 26.1 Å². The normalized spacial score (nSPS) is 16.0. The van der Waals surface area contributed by atoms with Gasteiger partial charge in [0.25, 0.3) is 0 Å². The largest absolute Gasteiger partial charge is 0.462 e. The Morgan fingerprint density at radius 1 is 0.974 bits per heavy atom. The van der Waals surface area contributed by atoms with Gasteiger partial charge >= 0.3 is 5.97 Å². The number of carbonyl (C=O) groups excluding carboxylic acids is 2. The van der Waals surface area contributed by atoms with E-state index >= 15 is 0 Å². The highest BCUT2D eigenvalue weighted by Gasteiger charge is 2.39. The summed E-state index contributed by atoms with van der Waals surface area (Å²) in [6, 6.07) is 14.3. The summed E-state index contributed by atoms with van der Waals surface area (Å²) in [5.74, 6) is -1.05. The van der Waals surface area contributed by atoms with Crippen LogP contribution in [0.5, 0.6) is 0 Å². The quantitative estimate of drug-likeness (QED) is 0.300. The van der Waals surface area contributed by atoms with E-state index in [4.69, 9.17) is 9.15 Å². The second-order valence-corrected chi connectivity index (χ2v) is 10.9. The van der Waals surface area contributed by atoms with Gasteiger partial charge < -0.3 is 14.5 Å². The Kier molecular flexibility index (Phi) is 7.45. The number of nitrogens with one attached hydrogen (secondary N) is 1. The predicted molar refractivity (Wildman–Crippen MR) is 149 cm³/mol. The van der Waals surface area contributed by atoms with Gasteiger partial charge in [0.1, 0.15) is 11.3 Å². The summed E-state index contributed by atoms with van der Waals surface area (Å²) in [6.45, 7) is 13.9. The van der Waals surface area contributed by atoms with Crippen LogP contribution in [0.25, 0.3) is 11.0 Å². The van der Waals surface area contributed by atoms with Gasteiger partial charge in [-0.2, -0.15) is 0 Å². The maximum absolute atomic E-state index is 14.1. The Labute approximate surface area is 223 Å². The van der Waals surface area contributed by atoms with Gasteiger partial charge in [-0.1, -0.05) is 64.1 Å². The molecule has 1 aliphatic heterocycles. The van der Waals surface area contributed by atoms with E-state index in [0.29, 0.717) is 56.8 Å². The van der Waals surface area contributed by atoms with Crippen molar-refractivity contribution >= 4 is 22.7 Å². The minimum Gasteiger partial charge on any atom is -0.462 e. The molecule has 0 radical (unpaired) electrons. The lowest BCUT2D eigenvalue weighted by Gasteiger charge is -2.31. The lowest BCUT2D eigenvalue weighted by molar-refractivity contribution is -0.139. The van der Waals surface area contributed by atoms with Crippen LogP contribution in [0.2, 0.25) is 0 Å². The summed E-state index contributed by atoms with van der Waals surface area (Å²) in [7, 11) is 0. The van der Waals surface area contributed by atoms with Crippen molar-refractivity contribution in [3.05, 3.63) is 104 Å². The highest BCUT2D eigenvalue weighted by Crippen LogP contribution is 2.42. The van der Waals surface area contributed by atoms with Crippen molar-refractivity contribution in [3.8, 4) is 0 Å². The molecule has 198 valence electrons. The number of carbonyl (C=O) groups is 2. The Balaban J connectivity index is 1.95. The summed E-state index contributed by atoms with van der Waals surface area (Å²) in [5, 5.41) is 3.63. The third-order valence-corrected chi connectivity index (χ3v) is 6.89. The topological polar surface area (TPSA) is 85.6 Å². The van der Waals surface area contributed by atoms with Gasteiger partial charge in [-0.25, -0.2) is 4.79 Å². The molecule has 3 aromatic rings. The number of dihydropyridines is 1. The number of ketones is 1. The Morgan fingerprint density at radius 3 is 2.26 bits per heavy atom. The van der Waals surface area contributed by atoms with Crippen LogP contribution in [0.1, 0.15) is 81.1 Å². The zero-order valence-electron chi connectivity index (χ0n) is 23.2. The first kappa shape index (κ1) is 27.1. The average Bonchev–Trinajstić information content (AvgIpc) is 2.85. The molecular formula is C32H35NO5. The van der Waals surface area contributed by atoms with E-state index in [0.717, 1.165) is 5.56 Å². The predicted octanol–water partition coefficient (Wildman–Crippen LogP) is 6.47. The van der Waals surface area contributed by atoms with Crippen molar-refractivity contribution < 1.29 is 18.7 Å². The van der Waals surface area contributed by atoms with Gasteiger partial charge in [0.2, 0.25) is 0 Å². The molecule has 6 heteroatoms. The van der Waals surface area contributed by atoms with E-state index < -0.39 is 11.9 Å². The lowest BCUT2D eigenvalue weighted by Crippen LogP contribution is -2.32. The van der Waals surface area contributed by atoms with Crippen LogP contribution < -0.4 is 10.7 Å². The molecule has 0 amide bonds. The highest BCUT2D eigenvalue weighted by atomic mass is 16.5. The van der Waals surface area contributed by atoms with Gasteiger partial charge in [-0.3, -0.25) is 9.59 Å². The summed E-state index contributed by atoms with van der Waals surface area (Å²) < 4.78 is 11.6. The number of hydrogen-bond donors (Lipinski definition) is 1. The third kappa shape index (κ3) is 5.08. The summed E-state index contributed by atoms with van der Waals surface area (Å²) in [5.41, 5.74) is 4.30. The number of hydrogen-bond acceptors (Lipinski definition) is 6. The van der Waals surface area contributed by atoms with E-state index in [9.17, 15) is 14.4 Å². The first-order valence-electron chi connectivity index (χ1n) is 13.0. The van der Waals surface area contributed by atoms with Gasteiger partial charge in [0, 0.05) is 34.2 Å². The fraction of sp³-hybridized carbons (Fsp3) is 0.344. The number of rotatable bonds is 6. The number of allylic oxidation sites excluding steroid dienone is 3. The van der Waals surface area contributed by atoms with Crippen LogP contribution in [0.4, 0.5) is 0 Å². The lowest BCUT2D eigenvalue weighted by atomic mass is 9.76. The first-order valence-corrected chi connectivity index (χ1v) is 13.0. The Hall–Kier alpha value is -3.93. The molecule has 0 saturated heterocycles. The van der Waals surface area contributed by atoms with Crippen LogP contribution in [-0.2, 0) is 14.9 Å². The molecule has 1 N–H and O–H groups in total. The van der Waals surface area contributed by atoms with E-state index in [-0.39, 0.29) is 23.2 Å². The smallest absolute Gasteiger partial charge is 0.336 e. The van der Waals surface area contributed by atoms with Crippen molar-refractivity contribution in [2.24, 2.45) is 0 Å². The molecule has 1 aromatic heterocycles. The van der Waals surface area contributed by atoms with Crippen molar-refractivity contribution in [2.45, 2.75) is 66.2 Å². The van der Waals surface area contributed by atoms with Crippen molar-refractivity contribution in [1.82, 2.24) is 5.32 Å². The van der Waals surface area contributed by atoms with E-state index in [1.807, 2.05) is 44.2 Å². The highest BCUT2D eigenvalue weighted by molar-refractivity contribution is 6.13. The van der Waals surface area contributed by atoms with Gasteiger partial charge in [-0.05, 0) is 44.2 Å². The fourth-order valence-corrected chi connectivity index (χ4v) is 4.97. The number of para-hydroxylation sites is 1. The molecular weight excluding hydrogens is 478 g/mol. The number of fused-ring (bicyclic) bond motifs is 1. The Bertz CT molecular complexity index is 1530. The standard InChI is InChI=1S/C32H35NO5/c1-8-16-37-31(36)27-20(4)33-19(3)26(29(35)21-12-14-22(15-13-21)32(5,6)7)28(27)24-11-9-10-23-25(34)17-18(2)38-30(23)24/h9-15,17,28,33H,8,16H2,1-7H3. The number of benzene rings is 2. The average molecular weight is 514 g/mol. The van der Waals surface area contributed by atoms with Crippen LogP contribution in [0.3, 0.4) is 0 Å². The number of ether oxygens (including phenoxy) is 1. The number of esters is 1. The second kappa shape index (κ2) is 10.4. The zero-order chi connectivity index (χ0) is 27.8. The van der Waals surface area contributed by atoms with E-state index in [1.54, 1.807) is 26.0 Å².